The number of unbranched alkanes of at least 4 members (excludes halogenated alkanes) is 6. The lowest BCUT2D eigenvalue weighted by Crippen LogP contribution is -2.19. The summed E-state index contributed by atoms with van der Waals surface area (Å²) in [6.07, 6.45) is 15.8. The highest BCUT2D eigenvalue weighted by Gasteiger charge is 2.17. The number of hydrogen-bond donors (Lipinski definition) is 0. The van der Waals surface area contributed by atoms with Gasteiger partial charge in [0.15, 0.2) is 0 Å². The van der Waals surface area contributed by atoms with Gasteiger partial charge in [0.2, 0.25) is 0 Å². The molecular weight excluding hydrogens is 344 g/mol. The summed E-state index contributed by atoms with van der Waals surface area (Å²) in [6.45, 7) is 16.7. The molecule has 168 valence electrons. The Balaban J connectivity index is 3.63. The second kappa shape index (κ2) is 16.3. The molecule has 0 aliphatic heterocycles. The summed E-state index contributed by atoms with van der Waals surface area (Å²) in [5.74, 6) is 1.82. The lowest BCUT2D eigenvalue weighted by atomic mass is 9.83. The Morgan fingerprint density at radius 3 is 1.93 bits per heavy atom. The van der Waals surface area contributed by atoms with Gasteiger partial charge in [-0.1, -0.05) is 99.8 Å². The van der Waals surface area contributed by atoms with Crippen molar-refractivity contribution in [2.75, 3.05) is 6.61 Å². The van der Waals surface area contributed by atoms with Crippen LogP contribution in [0.1, 0.15) is 132 Å². The number of esters is 1. The van der Waals surface area contributed by atoms with Crippen LogP contribution < -0.4 is 0 Å². The Labute approximate surface area is 177 Å². The maximum Gasteiger partial charge on any atom is 0.305 e. The van der Waals surface area contributed by atoms with Gasteiger partial charge in [-0.05, 0) is 48.9 Å². The van der Waals surface area contributed by atoms with Crippen molar-refractivity contribution in [3.63, 3.8) is 0 Å². The van der Waals surface area contributed by atoms with Gasteiger partial charge in [-0.15, -0.1) is 0 Å². The summed E-state index contributed by atoms with van der Waals surface area (Å²) >= 11 is 0. The van der Waals surface area contributed by atoms with E-state index in [0.717, 1.165) is 25.2 Å². The molecule has 2 heteroatoms. The second-order valence-electron chi connectivity index (χ2n) is 10.5. The molecular formula is C26H52O2. The molecule has 0 saturated carbocycles. The standard InChI is InChI=1S/C26H52O2/c1-8-19-26(6,7)20-15-13-11-9-10-12-14-16-25(27)28-21-24(23(4)5)18-17-22(2)3/h22-24H,8-21H2,1-7H3. The molecule has 0 aromatic rings. The molecule has 0 amide bonds. The van der Waals surface area contributed by atoms with Crippen molar-refractivity contribution in [1.29, 1.82) is 0 Å². The van der Waals surface area contributed by atoms with Gasteiger partial charge in [-0.3, -0.25) is 4.79 Å². The zero-order chi connectivity index (χ0) is 21.4. The number of ether oxygens (including phenoxy) is 1. The van der Waals surface area contributed by atoms with E-state index >= 15 is 0 Å². The average molecular weight is 397 g/mol. The second-order valence-corrected chi connectivity index (χ2v) is 10.5. The molecule has 0 radical (unpaired) electrons. The normalized spacial score (nSPS) is 13.3. The summed E-state index contributed by atoms with van der Waals surface area (Å²) in [7, 11) is 0. The van der Waals surface area contributed by atoms with E-state index in [0.29, 0.717) is 30.3 Å². The Kier molecular flexibility index (Phi) is 16.0. The van der Waals surface area contributed by atoms with Crippen molar-refractivity contribution >= 4 is 5.97 Å². The summed E-state index contributed by atoms with van der Waals surface area (Å²) in [5.41, 5.74) is 0.526. The van der Waals surface area contributed by atoms with Crippen LogP contribution in [0.5, 0.6) is 0 Å². The lowest BCUT2D eigenvalue weighted by molar-refractivity contribution is -0.145. The van der Waals surface area contributed by atoms with Crippen molar-refractivity contribution in [2.24, 2.45) is 23.2 Å². The maximum absolute atomic E-state index is 12.0. The van der Waals surface area contributed by atoms with Gasteiger partial charge in [-0.2, -0.15) is 0 Å². The van der Waals surface area contributed by atoms with Crippen molar-refractivity contribution in [2.45, 2.75) is 132 Å². The van der Waals surface area contributed by atoms with E-state index in [-0.39, 0.29) is 5.97 Å². The SMILES string of the molecule is CCCC(C)(C)CCCCCCCCCC(=O)OCC(CCC(C)C)C(C)C. The first-order valence-corrected chi connectivity index (χ1v) is 12.3. The van der Waals surface area contributed by atoms with Crippen molar-refractivity contribution < 1.29 is 9.53 Å². The fourth-order valence-electron chi connectivity index (χ4n) is 3.99. The van der Waals surface area contributed by atoms with Crippen molar-refractivity contribution in [3.8, 4) is 0 Å². The van der Waals surface area contributed by atoms with Crippen LogP contribution in [0.25, 0.3) is 0 Å². The number of carbonyl (C=O) groups excluding carboxylic acids is 1. The number of carbonyl (C=O) groups is 1. The van der Waals surface area contributed by atoms with E-state index in [1.807, 2.05) is 0 Å². The van der Waals surface area contributed by atoms with Crippen LogP contribution in [-0.4, -0.2) is 12.6 Å². The van der Waals surface area contributed by atoms with Gasteiger partial charge in [0.1, 0.15) is 0 Å². The van der Waals surface area contributed by atoms with Gasteiger partial charge >= 0.3 is 5.97 Å². The zero-order valence-electron chi connectivity index (χ0n) is 20.4. The molecule has 0 aromatic heterocycles. The van der Waals surface area contributed by atoms with E-state index in [9.17, 15) is 4.79 Å². The summed E-state index contributed by atoms with van der Waals surface area (Å²) < 4.78 is 5.57. The van der Waals surface area contributed by atoms with Gasteiger partial charge in [0.25, 0.3) is 0 Å². The molecule has 0 heterocycles. The Morgan fingerprint density at radius 1 is 0.821 bits per heavy atom. The van der Waals surface area contributed by atoms with E-state index in [4.69, 9.17) is 4.74 Å². The fraction of sp³-hybridized carbons (Fsp3) is 0.962. The molecule has 1 atom stereocenters. The Bertz CT molecular complexity index is 371. The quantitative estimate of drug-likeness (QED) is 0.171. The minimum atomic E-state index is 0.00773. The van der Waals surface area contributed by atoms with Gasteiger partial charge < -0.3 is 4.74 Å². The summed E-state index contributed by atoms with van der Waals surface area (Å²) in [4.78, 5) is 12.0. The molecule has 0 fully saturated rings. The molecule has 0 rings (SSSR count). The highest BCUT2D eigenvalue weighted by molar-refractivity contribution is 5.69. The highest BCUT2D eigenvalue weighted by Crippen LogP contribution is 2.29. The first-order chi connectivity index (χ1) is 13.2. The maximum atomic E-state index is 12.0. The molecule has 0 aliphatic rings. The number of rotatable bonds is 18. The van der Waals surface area contributed by atoms with Crippen molar-refractivity contribution in [1.82, 2.24) is 0 Å². The third-order valence-electron chi connectivity index (χ3n) is 6.18. The minimum Gasteiger partial charge on any atom is -0.465 e. The Morgan fingerprint density at radius 2 is 1.39 bits per heavy atom. The molecule has 1 unspecified atom stereocenters. The third kappa shape index (κ3) is 16.4. The van der Waals surface area contributed by atoms with Crippen LogP contribution in [0.4, 0.5) is 0 Å². The third-order valence-corrected chi connectivity index (χ3v) is 6.18. The summed E-state index contributed by atoms with van der Waals surface area (Å²) in [5, 5.41) is 0. The Hall–Kier alpha value is -0.530. The molecule has 0 bridgehead atoms. The number of hydrogen-bond acceptors (Lipinski definition) is 2. The first kappa shape index (κ1) is 27.5. The van der Waals surface area contributed by atoms with Gasteiger partial charge in [0, 0.05) is 6.42 Å². The zero-order valence-corrected chi connectivity index (χ0v) is 20.4. The smallest absolute Gasteiger partial charge is 0.305 e. The summed E-state index contributed by atoms with van der Waals surface area (Å²) in [6, 6.07) is 0. The fourth-order valence-corrected chi connectivity index (χ4v) is 3.99. The van der Waals surface area contributed by atoms with Gasteiger partial charge in [0.05, 0.1) is 6.61 Å². The first-order valence-electron chi connectivity index (χ1n) is 12.3. The van der Waals surface area contributed by atoms with Crippen molar-refractivity contribution in [3.05, 3.63) is 0 Å². The lowest BCUT2D eigenvalue weighted by Gasteiger charge is -2.23. The topological polar surface area (TPSA) is 26.3 Å². The molecule has 28 heavy (non-hydrogen) atoms. The van der Waals surface area contributed by atoms with E-state index < -0.39 is 0 Å². The molecule has 0 N–H and O–H groups in total. The average Bonchev–Trinajstić information content (AvgIpc) is 2.59. The van der Waals surface area contributed by atoms with E-state index in [2.05, 4.69) is 48.5 Å². The molecule has 0 aromatic carbocycles. The van der Waals surface area contributed by atoms with Crippen LogP contribution in [0, 0.1) is 23.2 Å². The molecule has 0 aliphatic carbocycles. The van der Waals surface area contributed by atoms with Crippen LogP contribution >= 0.6 is 0 Å². The van der Waals surface area contributed by atoms with E-state index in [1.165, 1.54) is 57.8 Å². The highest BCUT2D eigenvalue weighted by atomic mass is 16.5. The predicted molar refractivity (Wildman–Crippen MR) is 124 cm³/mol. The van der Waals surface area contributed by atoms with Crippen LogP contribution in [-0.2, 0) is 9.53 Å². The molecule has 2 nitrogen and oxygen atoms in total. The molecule has 0 saturated heterocycles. The monoisotopic (exact) mass is 396 g/mol. The van der Waals surface area contributed by atoms with E-state index in [1.54, 1.807) is 0 Å². The van der Waals surface area contributed by atoms with Crippen LogP contribution in [0.15, 0.2) is 0 Å². The molecule has 0 spiro atoms. The van der Waals surface area contributed by atoms with Crippen LogP contribution in [0.2, 0.25) is 0 Å². The largest absolute Gasteiger partial charge is 0.465 e. The predicted octanol–water partition coefficient (Wildman–Crippen LogP) is 8.58. The van der Waals surface area contributed by atoms with Gasteiger partial charge in [-0.25, -0.2) is 0 Å². The minimum absolute atomic E-state index is 0.00773. The van der Waals surface area contributed by atoms with Crippen LogP contribution in [0.3, 0.4) is 0 Å².